The zero-order valence-electron chi connectivity index (χ0n) is 14.1. The minimum atomic E-state index is -0.0593. The number of ether oxygens (including phenoxy) is 2. The predicted molar refractivity (Wildman–Crippen MR) is 92.6 cm³/mol. The van der Waals surface area contributed by atoms with Crippen molar-refractivity contribution in [1.82, 2.24) is 4.90 Å². The van der Waals surface area contributed by atoms with Gasteiger partial charge in [0.15, 0.2) is 0 Å². The van der Waals surface area contributed by atoms with Crippen LogP contribution in [0, 0.1) is 0 Å². The predicted octanol–water partition coefficient (Wildman–Crippen LogP) is 3.40. The van der Waals surface area contributed by atoms with Crippen LogP contribution < -0.4 is 4.74 Å². The minimum Gasteiger partial charge on any atom is -0.497 e. The smallest absolute Gasteiger partial charge is 0.225 e. The Labute approximate surface area is 143 Å². The second-order valence-corrected chi connectivity index (χ2v) is 6.15. The van der Waals surface area contributed by atoms with Gasteiger partial charge in [-0.05, 0) is 30.2 Å². The fourth-order valence-electron chi connectivity index (χ4n) is 3.02. The maximum absolute atomic E-state index is 12.4. The number of hydrogen-bond acceptors (Lipinski definition) is 3. The molecule has 1 saturated heterocycles. The fraction of sp³-hybridized carbons (Fsp3) is 0.350. The van der Waals surface area contributed by atoms with Gasteiger partial charge in [0, 0.05) is 6.54 Å². The van der Waals surface area contributed by atoms with Crippen LogP contribution in [-0.2, 0) is 22.7 Å². The highest BCUT2D eigenvalue weighted by atomic mass is 16.5. The molecular weight excluding hydrogens is 302 g/mol. The first-order chi connectivity index (χ1) is 11.7. The summed E-state index contributed by atoms with van der Waals surface area (Å²) >= 11 is 0. The number of rotatable bonds is 6. The highest BCUT2D eigenvalue weighted by molar-refractivity contribution is 5.79. The fourth-order valence-corrected chi connectivity index (χ4v) is 3.02. The molecule has 2 atom stereocenters. The van der Waals surface area contributed by atoms with E-state index in [1.807, 2.05) is 59.5 Å². The van der Waals surface area contributed by atoms with Crippen molar-refractivity contribution in [3.63, 3.8) is 0 Å². The lowest BCUT2D eigenvalue weighted by Crippen LogP contribution is -2.34. The van der Waals surface area contributed by atoms with E-state index < -0.39 is 0 Å². The number of carbonyl (C=O) groups excluding carboxylic acids is 1. The molecule has 1 aliphatic heterocycles. The van der Waals surface area contributed by atoms with Crippen molar-refractivity contribution in [3.8, 4) is 5.75 Å². The van der Waals surface area contributed by atoms with E-state index in [4.69, 9.17) is 9.47 Å². The molecular formula is C20H23NO3. The molecule has 4 heteroatoms. The summed E-state index contributed by atoms with van der Waals surface area (Å²) in [6.45, 7) is 3.21. The molecule has 126 valence electrons. The first-order valence-corrected chi connectivity index (χ1v) is 8.25. The maximum Gasteiger partial charge on any atom is 0.225 e. The average Bonchev–Trinajstić information content (AvgIpc) is 2.89. The quantitative estimate of drug-likeness (QED) is 0.817. The van der Waals surface area contributed by atoms with E-state index in [2.05, 4.69) is 6.92 Å². The van der Waals surface area contributed by atoms with Crippen molar-refractivity contribution < 1.29 is 14.3 Å². The van der Waals surface area contributed by atoms with Crippen LogP contribution in [0.2, 0.25) is 0 Å². The molecule has 1 amide bonds. The van der Waals surface area contributed by atoms with Crippen LogP contribution in [0.25, 0.3) is 0 Å². The summed E-state index contributed by atoms with van der Waals surface area (Å²) in [5, 5.41) is 0. The van der Waals surface area contributed by atoms with Gasteiger partial charge in [0.1, 0.15) is 5.75 Å². The zero-order valence-corrected chi connectivity index (χ0v) is 14.1. The van der Waals surface area contributed by atoms with Crippen LogP contribution in [0.4, 0.5) is 0 Å². The molecule has 0 spiro atoms. The number of methoxy groups -OCH3 is 1. The largest absolute Gasteiger partial charge is 0.497 e. The standard InChI is InChI=1S/C20H23NO3/c1-15-19(24-14-17-6-4-3-5-7-17)12-20(22)21(15)13-16-8-10-18(23-2)11-9-16/h3-11,15,19H,12-14H2,1-2H3/t15-,19+/m1/s1. The molecule has 0 saturated carbocycles. The lowest BCUT2D eigenvalue weighted by atomic mass is 10.1. The van der Waals surface area contributed by atoms with E-state index in [-0.39, 0.29) is 18.1 Å². The van der Waals surface area contributed by atoms with Crippen LogP contribution in [0.3, 0.4) is 0 Å². The normalized spacial score (nSPS) is 20.4. The van der Waals surface area contributed by atoms with E-state index in [1.165, 1.54) is 0 Å². The van der Waals surface area contributed by atoms with Gasteiger partial charge in [-0.2, -0.15) is 0 Å². The third kappa shape index (κ3) is 3.77. The number of carbonyl (C=O) groups is 1. The number of hydrogen-bond donors (Lipinski definition) is 0. The molecule has 1 fully saturated rings. The Morgan fingerprint density at radius 3 is 2.42 bits per heavy atom. The van der Waals surface area contributed by atoms with Gasteiger partial charge < -0.3 is 14.4 Å². The van der Waals surface area contributed by atoms with E-state index in [1.54, 1.807) is 7.11 Å². The second kappa shape index (κ2) is 7.49. The third-order valence-corrected chi connectivity index (χ3v) is 4.54. The molecule has 3 rings (SSSR count). The van der Waals surface area contributed by atoms with E-state index in [0.29, 0.717) is 19.6 Å². The lowest BCUT2D eigenvalue weighted by Gasteiger charge is -2.25. The van der Waals surface area contributed by atoms with Crippen LogP contribution in [0.5, 0.6) is 5.75 Å². The summed E-state index contributed by atoms with van der Waals surface area (Å²) in [7, 11) is 1.65. The Balaban J connectivity index is 1.59. The van der Waals surface area contributed by atoms with Gasteiger partial charge in [-0.3, -0.25) is 4.79 Å². The molecule has 24 heavy (non-hydrogen) atoms. The van der Waals surface area contributed by atoms with Crippen molar-refractivity contribution in [2.24, 2.45) is 0 Å². The van der Waals surface area contributed by atoms with Gasteiger partial charge in [-0.15, -0.1) is 0 Å². The Hall–Kier alpha value is -2.33. The molecule has 0 radical (unpaired) electrons. The number of benzene rings is 2. The monoisotopic (exact) mass is 325 g/mol. The Bertz CT molecular complexity index is 669. The molecule has 1 heterocycles. The van der Waals surface area contributed by atoms with Crippen molar-refractivity contribution in [3.05, 3.63) is 65.7 Å². The highest BCUT2D eigenvalue weighted by Gasteiger charge is 2.37. The summed E-state index contributed by atoms with van der Waals surface area (Å²) in [6.07, 6.45) is 0.389. The first-order valence-electron chi connectivity index (χ1n) is 8.25. The van der Waals surface area contributed by atoms with Gasteiger partial charge in [-0.25, -0.2) is 0 Å². The molecule has 0 aliphatic carbocycles. The molecule has 4 nitrogen and oxygen atoms in total. The summed E-state index contributed by atoms with van der Waals surface area (Å²) in [6, 6.07) is 18.0. The van der Waals surface area contributed by atoms with Crippen LogP contribution in [-0.4, -0.2) is 30.1 Å². The zero-order chi connectivity index (χ0) is 16.9. The van der Waals surface area contributed by atoms with E-state index >= 15 is 0 Å². The molecule has 2 aromatic rings. The average molecular weight is 325 g/mol. The first kappa shape index (κ1) is 16.5. The van der Waals surface area contributed by atoms with Crippen molar-refractivity contribution in [2.75, 3.05) is 7.11 Å². The molecule has 0 unspecified atom stereocenters. The third-order valence-electron chi connectivity index (χ3n) is 4.54. The van der Waals surface area contributed by atoms with Crippen molar-refractivity contribution in [2.45, 2.75) is 38.6 Å². The van der Waals surface area contributed by atoms with E-state index in [9.17, 15) is 4.79 Å². The van der Waals surface area contributed by atoms with Gasteiger partial charge in [0.2, 0.25) is 5.91 Å². The molecule has 0 N–H and O–H groups in total. The van der Waals surface area contributed by atoms with Gasteiger partial charge in [0.25, 0.3) is 0 Å². The van der Waals surface area contributed by atoms with Crippen molar-refractivity contribution in [1.29, 1.82) is 0 Å². The number of likely N-dealkylation sites (tertiary alicyclic amines) is 1. The summed E-state index contributed by atoms with van der Waals surface area (Å²) in [4.78, 5) is 14.3. The minimum absolute atomic E-state index is 0.0593. The maximum atomic E-state index is 12.4. The highest BCUT2D eigenvalue weighted by Crippen LogP contribution is 2.25. The summed E-state index contributed by atoms with van der Waals surface area (Å²) in [5.41, 5.74) is 2.23. The summed E-state index contributed by atoms with van der Waals surface area (Å²) < 4.78 is 11.2. The van der Waals surface area contributed by atoms with Crippen LogP contribution in [0.1, 0.15) is 24.5 Å². The SMILES string of the molecule is COc1ccc(CN2C(=O)C[C@H](OCc3ccccc3)[C@H]2C)cc1. The Kier molecular flexibility index (Phi) is 5.16. The Morgan fingerprint density at radius 2 is 1.75 bits per heavy atom. The van der Waals surface area contributed by atoms with Gasteiger partial charge >= 0.3 is 0 Å². The van der Waals surface area contributed by atoms with Crippen LogP contribution in [0.15, 0.2) is 54.6 Å². The molecule has 1 aliphatic rings. The Morgan fingerprint density at radius 1 is 1.04 bits per heavy atom. The van der Waals surface area contributed by atoms with Gasteiger partial charge in [0.05, 0.1) is 32.3 Å². The number of amides is 1. The van der Waals surface area contributed by atoms with E-state index in [0.717, 1.165) is 16.9 Å². The second-order valence-electron chi connectivity index (χ2n) is 6.15. The summed E-state index contributed by atoms with van der Waals surface area (Å²) in [5.74, 6) is 0.972. The molecule has 0 bridgehead atoms. The number of nitrogens with zero attached hydrogens (tertiary/aromatic N) is 1. The lowest BCUT2D eigenvalue weighted by molar-refractivity contribution is -0.129. The van der Waals surface area contributed by atoms with Gasteiger partial charge in [-0.1, -0.05) is 42.5 Å². The molecule has 2 aromatic carbocycles. The van der Waals surface area contributed by atoms with Crippen molar-refractivity contribution >= 4 is 5.91 Å². The molecule has 0 aromatic heterocycles. The topological polar surface area (TPSA) is 38.8 Å². The van der Waals surface area contributed by atoms with Crippen LogP contribution >= 0.6 is 0 Å².